The zero-order chi connectivity index (χ0) is 13.8. The monoisotopic (exact) mass is 271 g/mol. The number of rotatable bonds is 6. The summed E-state index contributed by atoms with van der Waals surface area (Å²) in [6, 6.07) is -0.599. The van der Waals surface area contributed by atoms with E-state index in [1.54, 1.807) is 6.92 Å². The molecule has 7 nitrogen and oxygen atoms in total. The van der Waals surface area contributed by atoms with Crippen LogP contribution in [0.15, 0.2) is 17.3 Å². The molecule has 0 amide bonds. The zero-order valence-corrected chi connectivity index (χ0v) is 10.5. The van der Waals surface area contributed by atoms with Crippen LogP contribution in [0.5, 0.6) is 0 Å². The molecule has 1 aromatic heterocycles. The van der Waals surface area contributed by atoms with E-state index in [0.29, 0.717) is 6.42 Å². The van der Waals surface area contributed by atoms with Crippen LogP contribution >= 0.6 is 0 Å². The molecule has 0 aliphatic heterocycles. The van der Waals surface area contributed by atoms with Crippen molar-refractivity contribution in [3.63, 3.8) is 0 Å². The van der Waals surface area contributed by atoms with Gasteiger partial charge in [-0.1, -0.05) is 12.8 Å². The third-order valence-electron chi connectivity index (χ3n) is 2.12. The Morgan fingerprint density at radius 1 is 1.72 bits per heavy atom. The highest BCUT2D eigenvalue weighted by molar-refractivity contribution is 7.89. The van der Waals surface area contributed by atoms with Crippen molar-refractivity contribution in [3.05, 3.63) is 12.4 Å². The van der Waals surface area contributed by atoms with Gasteiger partial charge in [0.15, 0.2) is 0 Å². The Hall–Kier alpha value is -1.85. The summed E-state index contributed by atoms with van der Waals surface area (Å²) in [4.78, 5) is 10.3. The fourth-order valence-electron chi connectivity index (χ4n) is 1.20. The van der Waals surface area contributed by atoms with Crippen molar-refractivity contribution in [2.75, 3.05) is 0 Å². The molecule has 0 bridgehead atoms. The van der Waals surface area contributed by atoms with E-state index >= 15 is 0 Å². The summed E-state index contributed by atoms with van der Waals surface area (Å²) in [5, 5.41) is 12.2. The number of nitrogens with one attached hydrogen (secondary N) is 1. The van der Waals surface area contributed by atoms with E-state index < -0.39 is 28.6 Å². The van der Waals surface area contributed by atoms with E-state index in [4.69, 9.17) is 11.5 Å². The molecule has 0 radical (unpaired) electrons. The predicted octanol–water partition coefficient (Wildman–Crippen LogP) is -0.342. The van der Waals surface area contributed by atoms with Gasteiger partial charge in [-0.05, 0) is 6.42 Å². The average Bonchev–Trinajstić information content (AvgIpc) is 2.74. The number of aliphatic carboxylic acids is 1. The van der Waals surface area contributed by atoms with Gasteiger partial charge in [0.25, 0.3) is 0 Å². The molecule has 0 saturated carbocycles. The smallest absolute Gasteiger partial charge is 0.325 e. The van der Waals surface area contributed by atoms with Crippen LogP contribution in [0.2, 0.25) is 0 Å². The second-order valence-electron chi connectivity index (χ2n) is 3.52. The van der Waals surface area contributed by atoms with Gasteiger partial charge in [-0.2, -0.15) is 9.82 Å². The fraction of sp³-hybridized carbons (Fsp3) is 0.400. The maximum atomic E-state index is 11.9. The highest BCUT2D eigenvalue weighted by Gasteiger charge is 2.19. The molecule has 0 aromatic carbocycles. The van der Waals surface area contributed by atoms with Gasteiger partial charge in [-0.25, -0.2) is 8.42 Å². The molecular weight excluding hydrogens is 258 g/mol. The quantitative estimate of drug-likeness (QED) is 0.689. The zero-order valence-electron chi connectivity index (χ0n) is 9.70. The number of hydrogen-bond acceptors (Lipinski definition) is 4. The first-order valence-electron chi connectivity index (χ1n) is 5.11. The van der Waals surface area contributed by atoms with Crippen molar-refractivity contribution in [2.24, 2.45) is 0 Å². The van der Waals surface area contributed by atoms with Crippen molar-refractivity contribution in [3.8, 4) is 12.3 Å². The standard InChI is InChI=1S/C10H13N3O4S/c1-3-8(4-2)12-18(16,17)9-5-11-13(6-9)7-10(14)15/h1,5-6,8,12H,4,7H2,2H3,(H,14,15). The molecule has 1 heterocycles. The predicted molar refractivity (Wildman–Crippen MR) is 63.1 cm³/mol. The third kappa shape index (κ3) is 3.58. The number of carbonyl (C=O) groups is 1. The Labute approximate surface area is 105 Å². The van der Waals surface area contributed by atoms with Crippen molar-refractivity contribution < 1.29 is 18.3 Å². The molecule has 1 rings (SSSR count). The van der Waals surface area contributed by atoms with Gasteiger partial charge in [0.1, 0.15) is 11.4 Å². The molecule has 18 heavy (non-hydrogen) atoms. The van der Waals surface area contributed by atoms with Crippen LogP contribution in [-0.4, -0.2) is 35.3 Å². The highest BCUT2D eigenvalue weighted by atomic mass is 32.2. The Morgan fingerprint density at radius 3 is 2.89 bits per heavy atom. The second-order valence-corrected chi connectivity index (χ2v) is 5.23. The van der Waals surface area contributed by atoms with Gasteiger partial charge in [0, 0.05) is 6.20 Å². The maximum Gasteiger partial charge on any atom is 0.325 e. The van der Waals surface area contributed by atoms with Crippen LogP contribution < -0.4 is 4.72 Å². The first kappa shape index (κ1) is 14.2. The SMILES string of the molecule is C#CC(CC)NS(=O)(=O)c1cnn(CC(=O)O)c1. The molecular formula is C10H13N3O4S. The number of carboxylic acid groups (broad SMARTS) is 1. The van der Waals surface area contributed by atoms with E-state index in [1.807, 2.05) is 0 Å². The fourth-order valence-corrected chi connectivity index (χ4v) is 2.39. The summed E-state index contributed by atoms with van der Waals surface area (Å²) in [6.45, 7) is 1.35. The minimum Gasteiger partial charge on any atom is -0.480 e. The number of nitrogens with zero attached hydrogens (tertiary/aromatic N) is 2. The minimum atomic E-state index is -3.77. The molecule has 0 saturated heterocycles. The van der Waals surface area contributed by atoms with E-state index in [1.165, 1.54) is 0 Å². The van der Waals surface area contributed by atoms with Crippen LogP contribution in [0.25, 0.3) is 0 Å². The van der Waals surface area contributed by atoms with Gasteiger partial charge in [0.2, 0.25) is 10.0 Å². The van der Waals surface area contributed by atoms with Crippen LogP contribution in [-0.2, 0) is 21.4 Å². The first-order valence-corrected chi connectivity index (χ1v) is 6.60. The van der Waals surface area contributed by atoms with E-state index in [9.17, 15) is 13.2 Å². The lowest BCUT2D eigenvalue weighted by atomic mass is 10.3. The van der Waals surface area contributed by atoms with Crippen LogP contribution in [0.1, 0.15) is 13.3 Å². The molecule has 1 unspecified atom stereocenters. The summed E-state index contributed by atoms with van der Waals surface area (Å²) < 4.78 is 27.0. The third-order valence-corrected chi connectivity index (χ3v) is 3.55. The van der Waals surface area contributed by atoms with Crippen LogP contribution in [0, 0.1) is 12.3 Å². The maximum absolute atomic E-state index is 11.9. The Morgan fingerprint density at radius 2 is 2.39 bits per heavy atom. The molecule has 1 aromatic rings. The van der Waals surface area contributed by atoms with Gasteiger partial charge >= 0.3 is 5.97 Å². The minimum absolute atomic E-state index is 0.113. The van der Waals surface area contributed by atoms with Crippen LogP contribution in [0.4, 0.5) is 0 Å². The number of terminal acetylenes is 1. The summed E-state index contributed by atoms with van der Waals surface area (Å²) in [5.74, 6) is 1.20. The average molecular weight is 271 g/mol. The lowest BCUT2D eigenvalue weighted by molar-refractivity contribution is -0.137. The van der Waals surface area contributed by atoms with Gasteiger partial charge < -0.3 is 5.11 Å². The van der Waals surface area contributed by atoms with E-state index in [-0.39, 0.29) is 4.90 Å². The first-order chi connectivity index (χ1) is 8.39. The van der Waals surface area contributed by atoms with Crippen molar-refractivity contribution in [1.29, 1.82) is 0 Å². The summed E-state index contributed by atoms with van der Waals surface area (Å²) >= 11 is 0. The lowest BCUT2D eigenvalue weighted by Crippen LogP contribution is -2.33. The molecule has 0 fully saturated rings. The molecule has 0 aliphatic carbocycles. The lowest BCUT2D eigenvalue weighted by Gasteiger charge is -2.09. The number of sulfonamides is 1. The molecule has 0 spiro atoms. The van der Waals surface area contributed by atoms with Gasteiger partial charge in [0.05, 0.1) is 12.2 Å². The van der Waals surface area contributed by atoms with Gasteiger partial charge in [-0.15, -0.1) is 6.42 Å². The van der Waals surface area contributed by atoms with Crippen LogP contribution in [0.3, 0.4) is 0 Å². The summed E-state index contributed by atoms with van der Waals surface area (Å²) in [7, 11) is -3.77. The summed E-state index contributed by atoms with van der Waals surface area (Å²) in [6.07, 6.45) is 7.84. The summed E-state index contributed by atoms with van der Waals surface area (Å²) in [5.41, 5.74) is 0. The van der Waals surface area contributed by atoms with E-state index in [2.05, 4.69) is 15.7 Å². The van der Waals surface area contributed by atoms with Crippen molar-refractivity contribution in [1.82, 2.24) is 14.5 Å². The van der Waals surface area contributed by atoms with E-state index in [0.717, 1.165) is 17.1 Å². The second kappa shape index (κ2) is 5.66. The molecule has 98 valence electrons. The molecule has 0 aliphatic rings. The molecule has 1 atom stereocenters. The van der Waals surface area contributed by atoms with Gasteiger partial charge in [-0.3, -0.25) is 9.48 Å². The number of hydrogen-bond donors (Lipinski definition) is 2. The molecule has 8 heteroatoms. The van der Waals surface area contributed by atoms with Crippen molar-refractivity contribution >= 4 is 16.0 Å². The highest BCUT2D eigenvalue weighted by Crippen LogP contribution is 2.08. The Balaban J connectivity index is 2.89. The Bertz CT molecular complexity index is 570. The Kier molecular flexibility index (Phi) is 4.47. The largest absolute Gasteiger partial charge is 0.480 e. The molecule has 2 N–H and O–H groups in total. The van der Waals surface area contributed by atoms with Crippen molar-refractivity contribution in [2.45, 2.75) is 30.8 Å². The number of aromatic nitrogens is 2. The number of carboxylic acids is 1. The topological polar surface area (TPSA) is 101 Å². The normalized spacial score (nSPS) is 12.9.